The Balaban J connectivity index is 2.47. The Hall–Kier alpha value is -1.91. The Kier molecular flexibility index (Phi) is 4.37. The topological polar surface area (TPSA) is 55.6 Å². The lowest BCUT2D eigenvalue weighted by molar-refractivity contribution is 0.532. The molecule has 0 aliphatic carbocycles. The van der Waals surface area contributed by atoms with Gasteiger partial charge >= 0.3 is 0 Å². The van der Waals surface area contributed by atoms with E-state index < -0.39 is 0 Å². The van der Waals surface area contributed by atoms with Gasteiger partial charge in [0.1, 0.15) is 5.82 Å². The lowest BCUT2D eigenvalue weighted by atomic mass is 10.2. The van der Waals surface area contributed by atoms with E-state index in [4.69, 9.17) is 0 Å². The normalized spacial score (nSPS) is 11.1. The second kappa shape index (κ2) is 6.03. The van der Waals surface area contributed by atoms with Crippen LogP contribution in [0.5, 0.6) is 0 Å². The van der Waals surface area contributed by atoms with Crippen LogP contribution in [0.1, 0.15) is 45.0 Å². The Bertz CT molecular complexity index is 586. The minimum absolute atomic E-state index is 0.341. The van der Waals surface area contributed by atoms with Crippen LogP contribution in [0, 0.1) is 6.92 Å². The fourth-order valence-corrected chi connectivity index (χ4v) is 2.11. The van der Waals surface area contributed by atoms with Gasteiger partial charge in [-0.15, -0.1) is 0 Å². The first-order valence-corrected chi connectivity index (χ1v) is 7.22. The van der Waals surface area contributed by atoms with Gasteiger partial charge in [0.25, 0.3) is 0 Å². The number of rotatable bonds is 5. The summed E-state index contributed by atoms with van der Waals surface area (Å²) < 4.78 is 1.93. The molecule has 0 aliphatic rings. The molecule has 108 valence electrons. The molecule has 0 fully saturated rings. The Morgan fingerprint density at radius 1 is 1.25 bits per heavy atom. The van der Waals surface area contributed by atoms with E-state index in [1.165, 1.54) is 0 Å². The third-order valence-electron chi connectivity index (χ3n) is 3.31. The maximum Gasteiger partial charge on any atom is 0.164 e. The zero-order valence-electron chi connectivity index (χ0n) is 12.9. The Morgan fingerprint density at radius 3 is 2.55 bits per heavy atom. The van der Waals surface area contributed by atoms with Crippen LogP contribution in [0.25, 0.3) is 11.4 Å². The first-order chi connectivity index (χ1) is 9.56. The van der Waals surface area contributed by atoms with Gasteiger partial charge in [-0.3, -0.25) is 4.68 Å². The molecule has 2 rings (SSSR count). The van der Waals surface area contributed by atoms with Crippen molar-refractivity contribution in [3.63, 3.8) is 0 Å². The van der Waals surface area contributed by atoms with Crippen molar-refractivity contribution >= 4 is 5.82 Å². The molecule has 0 radical (unpaired) electrons. The van der Waals surface area contributed by atoms with E-state index in [0.717, 1.165) is 41.4 Å². The third kappa shape index (κ3) is 2.81. The molecule has 2 aromatic rings. The average molecular weight is 273 g/mol. The highest BCUT2D eigenvalue weighted by molar-refractivity contribution is 5.58. The molecule has 2 heterocycles. The zero-order chi connectivity index (χ0) is 14.7. The quantitative estimate of drug-likeness (QED) is 0.908. The van der Waals surface area contributed by atoms with Crippen LogP contribution in [0.15, 0.2) is 12.4 Å². The van der Waals surface area contributed by atoms with Crippen molar-refractivity contribution in [3.8, 4) is 11.4 Å². The average Bonchev–Trinajstić information content (AvgIpc) is 2.91. The van der Waals surface area contributed by atoms with E-state index in [1.54, 1.807) is 0 Å². The van der Waals surface area contributed by atoms with Crippen molar-refractivity contribution in [1.29, 1.82) is 0 Å². The van der Waals surface area contributed by atoms with Crippen LogP contribution in [0.4, 0.5) is 5.82 Å². The van der Waals surface area contributed by atoms with Crippen molar-refractivity contribution in [2.75, 3.05) is 11.9 Å². The second-order valence-electron chi connectivity index (χ2n) is 5.15. The summed E-state index contributed by atoms with van der Waals surface area (Å²) in [6.07, 6.45) is 4.74. The van der Waals surface area contributed by atoms with Gasteiger partial charge in [0.05, 0.1) is 11.8 Å². The van der Waals surface area contributed by atoms with Crippen LogP contribution < -0.4 is 5.32 Å². The molecule has 0 unspecified atom stereocenters. The van der Waals surface area contributed by atoms with E-state index >= 15 is 0 Å². The summed E-state index contributed by atoms with van der Waals surface area (Å²) >= 11 is 0. The van der Waals surface area contributed by atoms with Gasteiger partial charge in [0.2, 0.25) is 0 Å². The summed E-state index contributed by atoms with van der Waals surface area (Å²) in [7, 11) is 0. The number of hydrogen-bond donors (Lipinski definition) is 1. The van der Waals surface area contributed by atoms with Crippen molar-refractivity contribution in [1.82, 2.24) is 19.7 Å². The molecule has 0 bridgehead atoms. The Labute approximate surface area is 120 Å². The van der Waals surface area contributed by atoms with Crippen LogP contribution in [0.2, 0.25) is 0 Å². The molecule has 0 spiro atoms. The van der Waals surface area contributed by atoms with Crippen LogP contribution in [-0.4, -0.2) is 26.3 Å². The highest BCUT2D eigenvalue weighted by Crippen LogP contribution is 2.22. The molecule has 20 heavy (non-hydrogen) atoms. The number of aryl methyl sites for hydroxylation is 1. The van der Waals surface area contributed by atoms with Gasteiger partial charge in [0, 0.05) is 30.0 Å². The molecule has 5 heteroatoms. The highest BCUT2D eigenvalue weighted by Gasteiger charge is 2.12. The molecular formula is C15H23N5. The van der Waals surface area contributed by atoms with E-state index in [1.807, 2.05) is 17.1 Å². The standard InChI is InChI=1S/C15H23N5/c1-6-13-11(5)14(16-7-2)19-15(18-13)12-8-17-20(9-12)10(3)4/h8-10H,6-7H2,1-5H3,(H,16,18,19). The number of hydrogen-bond acceptors (Lipinski definition) is 4. The fraction of sp³-hybridized carbons (Fsp3) is 0.533. The lowest BCUT2D eigenvalue weighted by Gasteiger charge is -2.11. The van der Waals surface area contributed by atoms with Crippen LogP contribution in [0.3, 0.4) is 0 Å². The predicted octanol–water partition coefficient (Wildman–Crippen LogP) is 3.22. The van der Waals surface area contributed by atoms with Gasteiger partial charge in [0.15, 0.2) is 5.82 Å². The van der Waals surface area contributed by atoms with Gasteiger partial charge in [-0.2, -0.15) is 5.10 Å². The predicted molar refractivity (Wildman–Crippen MR) is 81.9 cm³/mol. The summed E-state index contributed by atoms with van der Waals surface area (Å²) in [4.78, 5) is 9.31. The summed E-state index contributed by atoms with van der Waals surface area (Å²) in [5.41, 5.74) is 3.19. The number of nitrogens with zero attached hydrogens (tertiary/aromatic N) is 4. The van der Waals surface area contributed by atoms with Gasteiger partial charge < -0.3 is 5.32 Å². The summed E-state index contributed by atoms with van der Waals surface area (Å²) in [6, 6.07) is 0.341. The van der Waals surface area contributed by atoms with Gasteiger partial charge in [-0.1, -0.05) is 6.92 Å². The lowest BCUT2D eigenvalue weighted by Crippen LogP contribution is -2.07. The third-order valence-corrected chi connectivity index (χ3v) is 3.31. The minimum Gasteiger partial charge on any atom is -0.370 e. The summed E-state index contributed by atoms with van der Waals surface area (Å²) in [6.45, 7) is 11.3. The second-order valence-corrected chi connectivity index (χ2v) is 5.15. The molecule has 0 amide bonds. The highest BCUT2D eigenvalue weighted by atomic mass is 15.3. The SMILES string of the molecule is CCNc1nc(-c2cnn(C(C)C)c2)nc(CC)c1C. The minimum atomic E-state index is 0.341. The number of anilines is 1. The van der Waals surface area contributed by atoms with Crippen LogP contribution in [-0.2, 0) is 6.42 Å². The fourth-order valence-electron chi connectivity index (χ4n) is 2.11. The van der Waals surface area contributed by atoms with E-state index in [9.17, 15) is 0 Å². The smallest absolute Gasteiger partial charge is 0.164 e. The molecular weight excluding hydrogens is 250 g/mol. The molecule has 5 nitrogen and oxygen atoms in total. The van der Waals surface area contributed by atoms with Crippen molar-refractivity contribution in [2.24, 2.45) is 0 Å². The largest absolute Gasteiger partial charge is 0.370 e. The van der Waals surface area contributed by atoms with E-state index in [-0.39, 0.29) is 0 Å². The maximum absolute atomic E-state index is 4.67. The molecule has 0 atom stereocenters. The number of nitrogens with one attached hydrogen (secondary N) is 1. The van der Waals surface area contributed by atoms with Crippen molar-refractivity contribution in [2.45, 2.75) is 47.1 Å². The first-order valence-electron chi connectivity index (χ1n) is 7.22. The zero-order valence-corrected chi connectivity index (χ0v) is 12.9. The van der Waals surface area contributed by atoms with E-state index in [0.29, 0.717) is 6.04 Å². The molecule has 0 saturated carbocycles. The summed E-state index contributed by atoms with van der Waals surface area (Å²) in [5, 5.41) is 7.67. The Morgan fingerprint density at radius 2 is 2.00 bits per heavy atom. The van der Waals surface area contributed by atoms with Crippen molar-refractivity contribution in [3.05, 3.63) is 23.7 Å². The van der Waals surface area contributed by atoms with Crippen LogP contribution >= 0.6 is 0 Å². The molecule has 0 aromatic carbocycles. The molecule has 0 aliphatic heterocycles. The molecule has 0 saturated heterocycles. The van der Waals surface area contributed by atoms with E-state index in [2.05, 4.69) is 55.0 Å². The molecule has 1 N–H and O–H groups in total. The van der Waals surface area contributed by atoms with Gasteiger partial charge in [-0.05, 0) is 34.1 Å². The monoisotopic (exact) mass is 273 g/mol. The molecule has 2 aromatic heterocycles. The number of aromatic nitrogens is 4. The first kappa shape index (κ1) is 14.5. The van der Waals surface area contributed by atoms with Crippen molar-refractivity contribution < 1.29 is 0 Å². The summed E-state index contributed by atoms with van der Waals surface area (Å²) in [5.74, 6) is 1.67. The maximum atomic E-state index is 4.67. The van der Waals surface area contributed by atoms with Gasteiger partial charge in [-0.25, -0.2) is 9.97 Å².